The number of carbonyl (C=O) groups is 2. The Labute approximate surface area is 150 Å². The van der Waals surface area contributed by atoms with Gasteiger partial charge in [0.25, 0.3) is 0 Å². The molecule has 0 atom stereocenters. The van der Waals surface area contributed by atoms with Crippen molar-refractivity contribution in [3.8, 4) is 11.4 Å². The van der Waals surface area contributed by atoms with E-state index in [1.807, 2.05) is 18.2 Å². The fourth-order valence-electron chi connectivity index (χ4n) is 2.81. The summed E-state index contributed by atoms with van der Waals surface area (Å²) in [5, 5.41) is 9.92. The smallest absolute Gasteiger partial charge is 0.249 e. The van der Waals surface area contributed by atoms with Crippen LogP contribution in [0.4, 0.5) is 5.95 Å². The second-order valence-corrected chi connectivity index (χ2v) is 6.42. The van der Waals surface area contributed by atoms with Crippen molar-refractivity contribution in [1.29, 1.82) is 0 Å². The van der Waals surface area contributed by atoms with E-state index in [9.17, 15) is 9.59 Å². The van der Waals surface area contributed by atoms with E-state index in [4.69, 9.17) is 11.6 Å². The Morgan fingerprint density at radius 1 is 1.24 bits per heavy atom. The van der Waals surface area contributed by atoms with Gasteiger partial charge >= 0.3 is 0 Å². The predicted octanol–water partition coefficient (Wildman–Crippen LogP) is 2.86. The van der Waals surface area contributed by atoms with Crippen LogP contribution in [0.2, 0.25) is 5.02 Å². The summed E-state index contributed by atoms with van der Waals surface area (Å²) >= 11 is 6.13. The molecule has 0 aliphatic carbocycles. The molecule has 0 spiro atoms. The van der Waals surface area contributed by atoms with Crippen LogP contribution in [0.25, 0.3) is 11.4 Å². The molecule has 1 aliphatic rings. The molecule has 2 aromatic rings. The molecular formula is C17H20ClN5O2. The number of halogens is 1. The Balaban J connectivity index is 1.61. The molecule has 2 N–H and O–H groups in total. The number of aromatic nitrogens is 3. The molecule has 0 radical (unpaired) electrons. The molecule has 8 heteroatoms. The SMILES string of the molecule is O=C(CN1CCCCCCC1=O)Nc1n[nH]c(-c2ccccc2Cl)n1. The maximum Gasteiger partial charge on any atom is 0.249 e. The number of hydrogen-bond acceptors (Lipinski definition) is 4. The van der Waals surface area contributed by atoms with Crippen molar-refractivity contribution in [3.63, 3.8) is 0 Å². The highest BCUT2D eigenvalue weighted by Gasteiger charge is 2.19. The lowest BCUT2D eigenvalue weighted by Crippen LogP contribution is -2.39. The lowest BCUT2D eigenvalue weighted by molar-refractivity contribution is -0.135. The fourth-order valence-corrected chi connectivity index (χ4v) is 3.04. The van der Waals surface area contributed by atoms with Crippen molar-refractivity contribution in [3.05, 3.63) is 29.3 Å². The second-order valence-electron chi connectivity index (χ2n) is 6.02. The van der Waals surface area contributed by atoms with Crippen LogP contribution in [0.3, 0.4) is 0 Å². The van der Waals surface area contributed by atoms with E-state index < -0.39 is 0 Å². The van der Waals surface area contributed by atoms with Crippen molar-refractivity contribution in [2.75, 3.05) is 18.4 Å². The first-order chi connectivity index (χ1) is 12.1. The minimum Gasteiger partial charge on any atom is -0.333 e. The highest BCUT2D eigenvalue weighted by Crippen LogP contribution is 2.24. The number of amides is 2. The van der Waals surface area contributed by atoms with Gasteiger partial charge in [-0.15, -0.1) is 5.10 Å². The zero-order valence-corrected chi connectivity index (χ0v) is 14.6. The number of aromatic amines is 1. The molecule has 1 fully saturated rings. The molecular weight excluding hydrogens is 342 g/mol. The third-order valence-electron chi connectivity index (χ3n) is 4.12. The van der Waals surface area contributed by atoms with Gasteiger partial charge in [0, 0.05) is 18.5 Å². The van der Waals surface area contributed by atoms with E-state index in [0.29, 0.717) is 29.4 Å². The first-order valence-electron chi connectivity index (χ1n) is 8.38. The molecule has 1 aromatic heterocycles. The summed E-state index contributed by atoms with van der Waals surface area (Å²) in [4.78, 5) is 30.1. The summed E-state index contributed by atoms with van der Waals surface area (Å²) < 4.78 is 0. The fraction of sp³-hybridized carbons (Fsp3) is 0.412. The van der Waals surface area contributed by atoms with Gasteiger partial charge < -0.3 is 4.90 Å². The summed E-state index contributed by atoms with van der Waals surface area (Å²) in [5.41, 5.74) is 0.705. The Bertz CT molecular complexity index is 761. The van der Waals surface area contributed by atoms with Crippen LogP contribution in [-0.2, 0) is 9.59 Å². The van der Waals surface area contributed by atoms with Crippen LogP contribution in [0.5, 0.6) is 0 Å². The third kappa shape index (κ3) is 4.57. The van der Waals surface area contributed by atoms with Crippen molar-refractivity contribution >= 4 is 29.4 Å². The lowest BCUT2D eigenvalue weighted by Gasteiger charge is -2.23. The topological polar surface area (TPSA) is 91.0 Å². The zero-order valence-electron chi connectivity index (χ0n) is 13.8. The average Bonchev–Trinajstić information content (AvgIpc) is 3.03. The van der Waals surface area contributed by atoms with Gasteiger partial charge in [0.15, 0.2) is 5.82 Å². The minimum atomic E-state index is -0.307. The van der Waals surface area contributed by atoms with E-state index >= 15 is 0 Å². The van der Waals surface area contributed by atoms with Crippen LogP contribution >= 0.6 is 11.6 Å². The van der Waals surface area contributed by atoms with Gasteiger partial charge in [-0.25, -0.2) is 0 Å². The van der Waals surface area contributed by atoms with Gasteiger partial charge in [-0.3, -0.25) is 20.0 Å². The molecule has 2 heterocycles. The number of hydrogen-bond donors (Lipinski definition) is 2. The Morgan fingerprint density at radius 3 is 2.88 bits per heavy atom. The molecule has 25 heavy (non-hydrogen) atoms. The standard InChI is InChI=1S/C17H20ClN5O2/c18-13-8-5-4-7-12(13)16-20-17(22-21-16)19-14(24)11-23-10-6-2-1-3-9-15(23)25/h4-5,7-8H,1-3,6,9-11H2,(H2,19,20,21,22,24). The first kappa shape index (κ1) is 17.4. The third-order valence-corrected chi connectivity index (χ3v) is 4.45. The summed E-state index contributed by atoms with van der Waals surface area (Å²) in [6.07, 6.45) is 4.49. The highest BCUT2D eigenvalue weighted by atomic mass is 35.5. The minimum absolute atomic E-state index is 0.0226. The number of rotatable bonds is 4. The van der Waals surface area contributed by atoms with E-state index in [1.165, 1.54) is 0 Å². The van der Waals surface area contributed by atoms with E-state index in [-0.39, 0.29) is 24.3 Å². The quantitative estimate of drug-likeness (QED) is 0.876. The molecule has 0 saturated carbocycles. The van der Waals surface area contributed by atoms with Crippen LogP contribution in [0.15, 0.2) is 24.3 Å². The van der Waals surface area contributed by atoms with Crippen molar-refractivity contribution in [2.24, 2.45) is 0 Å². The number of anilines is 1. The molecule has 2 amide bonds. The van der Waals surface area contributed by atoms with E-state index in [2.05, 4.69) is 20.5 Å². The number of H-pyrrole nitrogens is 1. The lowest BCUT2D eigenvalue weighted by atomic mass is 10.1. The van der Waals surface area contributed by atoms with Gasteiger partial charge in [-0.05, 0) is 25.0 Å². The largest absolute Gasteiger partial charge is 0.333 e. The molecule has 0 unspecified atom stereocenters. The summed E-state index contributed by atoms with van der Waals surface area (Å²) in [6, 6.07) is 7.24. The number of benzene rings is 1. The Hall–Kier alpha value is -2.41. The van der Waals surface area contributed by atoms with Gasteiger partial charge in [0.05, 0.1) is 11.6 Å². The van der Waals surface area contributed by atoms with Crippen molar-refractivity contribution < 1.29 is 9.59 Å². The number of nitrogens with zero attached hydrogens (tertiary/aromatic N) is 3. The van der Waals surface area contributed by atoms with Crippen LogP contribution in [0.1, 0.15) is 32.1 Å². The number of nitrogens with one attached hydrogen (secondary N) is 2. The average molecular weight is 362 g/mol. The van der Waals surface area contributed by atoms with Gasteiger partial charge in [0.2, 0.25) is 17.8 Å². The first-order valence-corrected chi connectivity index (χ1v) is 8.76. The maximum absolute atomic E-state index is 12.2. The molecule has 1 aromatic carbocycles. The van der Waals surface area contributed by atoms with Crippen LogP contribution < -0.4 is 5.32 Å². The normalized spacial score (nSPS) is 15.6. The van der Waals surface area contributed by atoms with Crippen LogP contribution in [0, 0.1) is 0 Å². The molecule has 0 bridgehead atoms. The molecule has 7 nitrogen and oxygen atoms in total. The molecule has 1 aliphatic heterocycles. The monoisotopic (exact) mass is 361 g/mol. The summed E-state index contributed by atoms with van der Waals surface area (Å²) in [7, 11) is 0. The zero-order chi connectivity index (χ0) is 17.6. The summed E-state index contributed by atoms with van der Waals surface area (Å²) in [5.74, 6) is 0.364. The van der Waals surface area contributed by atoms with Gasteiger partial charge in [-0.2, -0.15) is 4.98 Å². The Morgan fingerprint density at radius 2 is 2.04 bits per heavy atom. The van der Waals surface area contributed by atoms with E-state index in [0.717, 1.165) is 25.7 Å². The molecule has 132 valence electrons. The Kier molecular flexibility index (Phi) is 5.65. The number of likely N-dealkylation sites (tertiary alicyclic amines) is 1. The van der Waals surface area contributed by atoms with Gasteiger partial charge in [0.1, 0.15) is 0 Å². The molecule has 3 rings (SSSR count). The second kappa shape index (κ2) is 8.11. The van der Waals surface area contributed by atoms with Gasteiger partial charge in [-0.1, -0.05) is 36.6 Å². The van der Waals surface area contributed by atoms with Crippen LogP contribution in [-0.4, -0.2) is 45.0 Å². The maximum atomic E-state index is 12.2. The van der Waals surface area contributed by atoms with Crippen molar-refractivity contribution in [2.45, 2.75) is 32.1 Å². The predicted molar refractivity (Wildman–Crippen MR) is 95.1 cm³/mol. The summed E-state index contributed by atoms with van der Waals surface area (Å²) in [6.45, 7) is 0.639. The number of carbonyl (C=O) groups excluding carboxylic acids is 2. The van der Waals surface area contributed by atoms with Crippen molar-refractivity contribution in [1.82, 2.24) is 20.1 Å². The van der Waals surface area contributed by atoms with E-state index in [1.54, 1.807) is 11.0 Å². The molecule has 1 saturated heterocycles. The highest BCUT2D eigenvalue weighted by molar-refractivity contribution is 6.33.